The number of amides is 2. The van der Waals surface area contributed by atoms with Crippen molar-refractivity contribution in [2.24, 2.45) is 0 Å². The van der Waals surface area contributed by atoms with E-state index in [0.717, 1.165) is 16.9 Å². The minimum absolute atomic E-state index is 0.0271. The number of ether oxygens (including phenoxy) is 3. The van der Waals surface area contributed by atoms with E-state index >= 15 is 0 Å². The summed E-state index contributed by atoms with van der Waals surface area (Å²) in [6, 6.07) is 13.3. The summed E-state index contributed by atoms with van der Waals surface area (Å²) in [7, 11) is 1.63. The molecular weight excluding hydrogens is 344 g/mol. The zero-order chi connectivity index (χ0) is 19.2. The van der Waals surface area contributed by atoms with Crippen LogP contribution in [0.25, 0.3) is 0 Å². The molecule has 0 bridgehead atoms. The quantitative estimate of drug-likeness (QED) is 0.756. The molecule has 6 heteroatoms. The van der Waals surface area contributed by atoms with Gasteiger partial charge in [0.1, 0.15) is 24.2 Å². The Kier molecular flexibility index (Phi) is 6.19. The van der Waals surface area contributed by atoms with Gasteiger partial charge in [0.15, 0.2) is 0 Å². The average molecular weight is 370 g/mol. The molecule has 144 valence electrons. The molecule has 1 fully saturated rings. The van der Waals surface area contributed by atoms with E-state index in [4.69, 9.17) is 14.2 Å². The second-order valence-electron chi connectivity index (χ2n) is 6.67. The normalized spacial score (nSPS) is 13.8. The summed E-state index contributed by atoms with van der Waals surface area (Å²) in [6.45, 7) is 6.21. The van der Waals surface area contributed by atoms with Gasteiger partial charge < -0.3 is 24.4 Å². The standard InChI is InChI=1S/C21H26N2O4/c1-15-6-4-7-16(2)20(15)27-19-13-23(14-19)21(24)22-17-8-5-9-18(12-17)26-11-10-25-3/h4-9,12,19H,10-11,13-14H2,1-3H3,(H,22,24). The van der Waals surface area contributed by atoms with Gasteiger partial charge in [-0.3, -0.25) is 0 Å². The first-order chi connectivity index (χ1) is 13.1. The van der Waals surface area contributed by atoms with Gasteiger partial charge in [-0.25, -0.2) is 4.79 Å². The molecule has 0 atom stereocenters. The van der Waals surface area contributed by atoms with Crippen molar-refractivity contribution in [2.75, 3.05) is 38.7 Å². The molecule has 2 amide bonds. The van der Waals surface area contributed by atoms with Crippen LogP contribution >= 0.6 is 0 Å². The molecule has 1 aliphatic heterocycles. The van der Waals surface area contributed by atoms with Crippen LogP contribution in [0.4, 0.5) is 10.5 Å². The third-order valence-electron chi connectivity index (χ3n) is 4.47. The summed E-state index contributed by atoms with van der Waals surface area (Å²) < 4.78 is 16.6. The minimum atomic E-state index is -0.134. The van der Waals surface area contributed by atoms with E-state index in [1.54, 1.807) is 18.1 Å². The zero-order valence-electron chi connectivity index (χ0n) is 16.0. The van der Waals surface area contributed by atoms with Crippen molar-refractivity contribution in [1.29, 1.82) is 0 Å². The van der Waals surface area contributed by atoms with Gasteiger partial charge in [-0.2, -0.15) is 0 Å². The minimum Gasteiger partial charge on any atom is -0.491 e. The predicted octanol–water partition coefficient (Wildman–Crippen LogP) is 3.62. The molecule has 2 aromatic carbocycles. The summed E-state index contributed by atoms with van der Waals surface area (Å²) in [5, 5.41) is 2.90. The Morgan fingerprint density at radius 3 is 2.52 bits per heavy atom. The molecule has 3 rings (SSSR count). The molecule has 1 aliphatic rings. The number of nitrogens with one attached hydrogen (secondary N) is 1. The molecule has 0 unspecified atom stereocenters. The van der Waals surface area contributed by atoms with E-state index in [9.17, 15) is 4.79 Å². The smallest absolute Gasteiger partial charge is 0.322 e. The van der Waals surface area contributed by atoms with Crippen LogP contribution in [0.2, 0.25) is 0 Å². The maximum atomic E-state index is 12.4. The zero-order valence-corrected chi connectivity index (χ0v) is 16.0. The summed E-state index contributed by atoms with van der Waals surface area (Å²) in [5.41, 5.74) is 2.93. The first-order valence-corrected chi connectivity index (χ1v) is 9.07. The Bertz CT molecular complexity index is 767. The molecule has 0 spiro atoms. The number of aryl methyl sites for hydroxylation is 2. The van der Waals surface area contributed by atoms with Crippen LogP contribution in [0.3, 0.4) is 0 Å². The molecule has 1 N–H and O–H groups in total. The van der Waals surface area contributed by atoms with Gasteiger partial charge in [-0.15, -0.1) is 0 Å². The molecule has 2 aromatic rings. The molecule has 1 saturated heterocycles. The molecule has 27 heavy (non-hydrogen) atoms. The number of urea groups is 1. The fourth-order valence-corrected chi connectivity index (χ4v) is 2.94. The number of methoxy groups -OCH3 is 1. The van der Waals surface area contributed by atoms with Crippen molar-refractivity contribution in [3.05, 3.63) is 53.6 Å². The van der Waals surface area contributed by atoms with Crippen LogP contribution in [-0.4, -0.2) is 50.4 Å². The Balaban J connectivity index is 1.49. The number of hydrogen-bond acceptors (Lipinski definition) is 4. The Hall–Kier alpha value is -2.73. The lowest BCUT2D eigenvalue weighted by Gasteiger charge is -2.39. The number of benzene rings is 2. The van der Waals surface area contributed by atoms with E-state index in [1.165, 1.54) is 0 Å². The number of para-hydroxylation sites is 1. The number of likely N-dealkylation sites (tertiary alicyclic amines) is 1. The van der Waals surface area contributed by atoms with Crippen LogP contribution in [0.15, 0.2) is 42.5 Å². The van der Waals surface area contributed by atoms with Gasteiger partial charge in [-0.1, -0.05) is 24.3 Å². The Morgan fingerprint density at radius 2 is 1.81 bits per heavy atom. The van der Waals surface area contributed by atoms with Crippen molar-refractivity contribution in [3.8, 4) is 11.5 Å². The predicted molar refractivity (Wildman–Crippen MR) is 105 cm³/mol. The Morgan fingerprint density at radius 1 is 1.11 bits per heavy atom. The first kappa shape index (κ1) is 19.0. The van der Waals surface area contributed by atoms with Crippen LogP contribution in [-0.2, 0) is 4.74 Å². The van der Waals surface area contributed by atoms with E-state index in [0.29, 0.717) is 37.7 Å². The van der Waals surface area contributed by atoms with Crippen molar-refractivity contribution < 1.29 is 19.0 Å². The van der Waals surface area contributed by atoms with Crippen LogP contribution in [0, 0.1) is 13.8 Å². The highest BCUT2D eigenvalue weighted by atomic mass is 16.5. The number of hydrogen-bond donors (Lipinski definition) is 1. The highest BCUT2D eigenvalue weighted by molar-refractivity contribution is 5.90. The SMILES string of the molecule is COCCOc1cccc(NC(=O)N2CC(Oc3c(C)cccc3C)C2)c1. The third kappa shape index (κ3) is 4.92. The van der Waals surface area contributed by atoms with E-state index in [1.807, 2.05) is 50.2 Å². The maximum Gasteiger partial charge on any atom is 0.322 e. The highest BCUT2D eigenvalue weighted by Gasteiger charge is 2.32. The number of nitrogens with zero attached hydrogens (tertiary/aromatic N) is 1. The first-order valence-electron chi connectivity index (χ1n) is 9.07. The van der Waals surface area contributed by atoms with E-state index in [2.05, 4.69) is 5.32 Å². The van der Waals surface area contributed by atoms with Crippen molar-refractivity contribution >= 4 is 11.7 Å². The Labute approximate surface area is 160 Å². The molecule has 0 radical (unpaired) electrons. The molecule has 0 aliphatic carbocycles. The molecule has 6 nitrogen and oxygen atoms in total. The second-order valence-corrected chi connectivity index (χ2v) is 6.67. The number of carbonyl (C=O) groups excluding carboxylic acids is 1. The van der Waals surface area contributed by atoms with Gasteiger partial charge in [-0.05, 0) is 37.1 Å². The van der Waals surface area contributed by atoms with Crippen molar-refractivity contribution in [1.82, 2.24) is 4.90 Å². The summed E-state index contributed by atoms with van der Waals surface area (Å²) in [5.74, 6) is 1.62. The lowest BCUT2D eigenvalue weighted by Crippen LogP contribution is -2.57. The van der Waals surface area contributed by atoms with Gasteiger partial charge >= 0.3 is 6.03 Å². The van der Waals surface area contributed by atoms with Crippen LogP contribution in [0.1, 0.15) is 11.1 Å². The topological polar surface area (TPSA) is 60.0 Å². The lowest BCUT2D eigenvalue weighted by atomic mass is 10.1. The van der Waals surface area contributed by atoms with Gasteiger partial charge in [0.2, 0.25) is 0 Å². The van der Waals surface area contributed by atoms with Gasteiger partial charge in [0.25, 0.3) is 0 Å². The second kappa shape index (κ2) is 8.77. The molecule has 0 aromatic heterocycles. The monoisotopic (exact) mass is 370 g/mol. The summed E-state index contributed by atoms with van der Waals surface area (Å²) >= 11 is 0. The number of rotatable bonds is 7. The average Bonchev–Trinajstić information content (AvgIpc) is 2.60. The molecule has 0 saturated carbocycles. The fraction of sp³-hybridized carbons (Fsp3) is 0.381. The largest absolute Gasteiger partial charge is 0.491 e. The molecular formula is C21H26N2O4. The van der Waals surface area contributed by atoms with E-state index in [-0.39, 0.29) is 12.1 Å². The van der Waals surface area contributed by atoms with Crippen LogP contribution in [0.5, 0.6) is 11.5 Å². The van der Waals surface area contributed by atoms with Gasteiger partial charge in [0, 0.05) is 18.9 Å². The van der Waals surface area contributed by atoms with Crippen molar-refractivity contribution in [2.45, 2.75) is 20.0 Å². The van der Waals surface area contributed by atoms with Crippen LogP contribution < -0.4 is 14.8 Å². The van der Waals surface area contributed by atoms with Gasteiger partial charge in [0.05, 0.1) is 19.7 Å². The molecule has 1 heterocycles. The lowest BCUT2D eigenvalue weighted by molar-refractivity contribution is 0.0483. The number of anilines is 1. The highest BCUT2D eigenvalue weighted by Crippen LogP contribution is 2.26. The van der Waals surface area contributed by atoms with E-state index < -0.39 is 0 Å². The summed E-state index contributed by atoms with van der Waals surface area (Å²) in [4.78, 5) is 14.1. The number of carbonyl (C=O) groups is 1. The fourth-order valence-electron chi connectivity index (χ4n) is 2.94. The third-order valence-corrected chi connectivity index (χ3v) is 4.47. The maximum absolute atomic E-state index is 12.4. The van der Waals surface area contributed by atoms with Crippen molar-refractivity contribution in [3.63, 3.8) is 0 Å². The summed E-state index contributed by atoms with van der Waals surface area (Å²) in [6.07, 6.45) is 0.0271.